The largest absolute Gasteiger partial charge is 0.493 e. The highest BCUT2D eigenvalue weighted by Gasteiger charge is 2.30. The summed E-state index contributed by atoms with van der Waals surface area (Å²) in [7, 11) is 0. The summed E-state index contributed by atoms with van der Waals surface area (Å²) in [6, 6.07) is 3.38. The van der Waals surface area contributed by atoms with Crippen LogP contribution in [0.1, 0.15) is 24.0 Å². The topological polar surface area (TPSA) is 26.3 Å². The number of alkyl halides is 3. The van der Waals surface area contributed by atoms with Gasteiger partial charge in [-0.3, -0.25) is 0 Å². The highest BCUT2D eigenvalue weighted by molar-refractivity contribution is 5.49. The smallest absolute Gasteiger partial charge is 0.416 e. The van der Waals surface area contributed by atoms with E-state index in [0.29, 0.717) is 18.4 Å². The van der Waals surface area contributed by atoms with Crippen LogP contribution in [0, 0.1) is 6.92 Å². The third-order valence-electron chi connectivity index (χ3n) is 2.24. The first-order valence-corrected chi connectivity index (χ1v) is 5.19. The summed E-state index contributed by atoms with van der Waals surface area (Å²) in [5.74, 6) is 0.214. The molecule has 0 amide bonds. The molecule has 0 aliphatic heterocycles. The molecule has 1 aromatic rings. The zero-order valence-corrected chi connectivity index (χ0v) is 9.38. The molecule has 2 nitrogen and oxygen atoms in total. The number of aldehydes is 1. The first-order valence-electron chi connectivity index (χ1n) is 5.19. The Hall–Kier alpha value is -1.52. The SMILES string of the molecule is Cc1ccc(C(F)(F)F)cc1OCCCC=O. The van der Waals surface area contributed by atoms with E-state index in [0.717, 1.165) is 18.4 Å². The summed E-state index contributed by atoms with van der Waals surface area (Å²) < 4.78 is 42.5. The monoisotopic (exact) mass is 246 g/mol. The van der Waals surface area contributed by atoms with E-state index < -0.39 is 11.7 Å². The average molecular weight is 246 g/mol. The standard InChI is InChI=1S/C12H13F3O2/c1-9-4-5-10(12(13,14)15)8-11(9)17-7-3-2-6-16/h4-6,8H,2-3,7H2,1H3. The van der Waals surface area contributed by atoms with E-state index >= 15 is 0 Å². The summed E-state index contributed by atoms with van der Waals surface area (Å²) in [5.41, 5.74) is -0.0856. The molecule has 94 valence electrons. The van der Waals surface area contributed by atoms with Gasteiger partial charge in [-0.15, -0.1) is 0 Å². The van der Waals surface area contributed by atoms with Crippen LogP contribution < -0.4 is 4.74 Å². The van der Waals surface area contributed by atoms with Crippen LogP contribution in [-0.4, -0.2) is 12.9 Å². The normalized spacial score (nSPS) is 11.3. The molecule has 0 spiro atoms. The molecule has 0 heterocycles. The van der Waals surface area contributed by atoms with Gasteiger partial charge in [-0.2, -0.15) is 13.2 Å². The number of ether oxygens (including phenoxy) is 1. The van der Waals surface area contributed by atoms with Gasteiger partial charge in [0, 0.05) is 6.42 Å². The van der Waals surface area contributed by atoms with E-state index in [4.69, 9.17) is 4.74 Å². The molecule has 0 saturated heterocycles. The Morgan fingerprint density at radius 3 is 2.65 bits per heavy atom. The number of carbonyl (C=O) groups is 1. The van der Waals surface area contributed by atoms with Crippen molar-refractivity contribution >= 4 is 6.29 Å². The van der Waals surface area contributed by atoms with Gasteiger partial charge in [-0.1, -0.05) is 6.07 Å². The fraction of sp³-hybridized carbons (Fsp3) is 0.417. The van der Waals surface area contributed by atoms with Crippen molar-refractivity contribution in [1.82, 2.24) is 0 Å². The van der Waals surface area contributed by atoms with Gasteiger partial charge in [-0.25, -0.2) is 0 Å². The Morgan fingerprint density at radius 1 is 1.35 bits per heavy atom. The second-order valence-electron chi connectivity index (χ2n) is 3.64. The number of rotatable bonds is 5. The van der Waals surface area contributed by atoms with Crippen molar-refractivity contribution in [3.05, 3.63) is 29.3 Å². The molecule has 1 rings (SSSR count). The first kappa shape index (κ1) is 13.5. The van der Waals surface area contributed by atoms with Crippen LogP contribution in [0.15, 0.2) is 18.2 Å². The quantitative estimate of drug-likeness (QED) is 0.588. The maximum Gasteiger partial charge on any atom is 0.416 e. The van der Waals surface area contributed by atoms with Crippen LogP contribution in [0.3, 0.4) is 0 Å². The zero-order chi connectivity index (χ0) is 12.9. The van der Waals surface area contributed by atoms with Crippen LogP contribution in [0.25, 0.3) is 0 Å². The number of unbranched alkanes of at least 4 members (excludes halogenated alkanes) is 1. The molecule has 0 atom stereocenters. The third-order valence-corrected chi connectivity index (χ3v) is 2.24. The lowest BCUT2D eigenvalue weighted by Crippen LogP contribution is -2.06. The zero-order valence-electron chi connectivity index (χ0n) is 9.38. The molecule has 0 N–H and O–H groups in total. The minimum atomic E-state index is -4.37. The second-order valence-corrected chi connectivity index (χ2v) is 3.64. The summed E-state index contributed by atoms with van der Waals surface area (Å²) in [5, 5.41) is 0. The first-order chi connectivity index (χ1) is 7.95. The predicted octanol–water partition coefficient (Wildman–Crippen LogP) is 3.37. The van der Waals surface area contributed by atoms with Gasteiger partial charge >= 0.3 is 6.18 Å². The second kappa shape index (κ2) is 5.70. The van der Waals surface area contributed by atoms with Crippen LogP contribution in [0.4, 0.5) is 13.2 Å². The van der Waals surface area contributed by atoms with Gasteiger partial charge in [0.05, 0.1) is 12.2 Å². The summed E-state index contributed by atoms with van der Waals surface area (Å²) in [4.78, 5) is 10.1. The molecule has 1 aromatic carbocycles. The van der Waals surface area contributed by atoms with Crippen molar-refractivity contribution < 1.29 is 22.7 Å². The van der Waals surface area contributed by atoms with Crippen molar-refractivity contribution in [3.63, 3.8) is 0 Å². The van der Waals surface area contributed by atoms with Crippen molar-refractivity contribution in [1.29, 1.82) is 0 Å². The lowest BCUT2D eigenvalue weighted by atomic mass is 10.1. The van der Waals surface area contributed by atoms with E-state index in [1.807, 2.05) is 0 Å². The van der Waals surface area contributed by atoms with Crippen LogP contribution in [-0.2, 0) is 11.0 Å². The Labute approximate surface area is 97.4 Å². The Kier molecular flexibility index (Phi) is 4.54. The number of benzene rings is 1. The highest BCUT2D eigenvalue weighted by atomic mass is 19.4. The summed E-state index contributed by atoms with van der Waals surface area (Å²) >= 11 is 0. The minimum absolute atomic E-state index is 0.214. The third kappa shape index (κ3) is 4.09. The number of aryl methyl sites for hydroxylation is 1. The predicted molar refractivity (Wildman–Crippen MR) is 57.0 cm³/mol. The maximum atomic E-state index is 12.4. The lowest BCUT2D eigenvalue weighted by molar-refractivity contribution is -0.137. The Morgan fingerprint density at radius 2 is 2.06 bits per heavy atom. The summed E-state index contributed by atoms with van der Waals surface area (Å²) in [6.45, 7) is 1.91. The van der Waals surface area contributed by atoms with Gasteiger partial charge < -0.3 is 9.53 Å². The molecule has 5 heteroatoms. The number of hydrogen-bond donors (Lipinski definition) is 0. The van der Waals surface area contributed by atoms with Gasteiger partial charge in [0.1, 0.15) is 12.0 Å². The molecule has 0 fully saturated rings. The Bertz CT molecular complexity index is 386. The van der Waals surface area contributed by atoms with Gasteiger partial charge in [-0.05, 0) is 31.0 Å². The molecule has 0 unspecified atom stereocenters. The fourth-order valence-corrected chi connectivity index (χ4v) is 1.28. The van der Waals surface area contributed by atoms with Gasteiger partial charge in [0.25, 0.3) is 0 Å². The summed E-state index contributed by atoms with van der Waals surface area (Å²) in [6.07, 6.45) is -2.77. The average Bonchev–Trinajstić information content (AvgIpc) is 2.25. The number of carbonyl (C=O) groups excluding carboxylic acids is 1. The molecule has 0 bridgehead atoms. The van der Waals surface area contributed by atoms with E-state index in [1.165, 1.54) is 6.07 Å². The minimum Gasteiger partial charge on any atom is -0.493 e. The van der Waals surface area contributed by atoms with Crippen LogP contribution >= 0.6 is 0 Å². The molecule has 0 aromatic heterocycles. The molecule has 0 aliphatic rings. The molecule has 0 aliphatic carbocycles. The van der Waals surface area contributed by atoms with E-state index in [-0.39, 0.29) is 12.4 Å². The van der Waals surface area contributed by atoms with Crippen LogP contribution in [0.5, 0.6) is 5.75 Å². The molecule has 0 radical (unpaired) electrons. The fourth-order valence-electron chi connectivity index (χ4n) is 1.28. The Balaban J connectivity index is 2.73. The highest BCUT2D eigenvalue weighted by Crippen LogP contribution is 2.32. The van der Waals surface area contributed by atoms with Crippen molar-refractivity contribution in [3.8, 4) is 5.75 Å². The van der Waals surface area contributed by atoms with Gasteiger partial charge in [0.15, 0.2) is 0 Å². The molecular formula is C12H13F3O2. The number of halogens is 3. The van der Waals surface area contributed by atoms with Crippen molar-refractivity contribution in [2.24, 2.45) is 0 Å². The molecule has 0 saturated carbocycles. The van der Waals surface area contributed by atoms with E-state index in [2.05, 4.69) is 0 Å². The van der Waals surface area contributed by atoms with Crippen LogP contribution in [0.2, 0.25) is 0 Å². The van der Waals surface area contributed by atoms with E-state index in [1.54, 1.807) is 6.92 Å². The molecular weight excluding hydrogens is 233 g/mol. The lowest BCUT2D eigenvalue weighted by Gasteiger charge is -2.12. The maximum absolute atomic E-state index is 12.4. The van der Waals surface area contributed by atoms with Crippen molar-refractivity contribution in [2.45, 2.75) is 25.9 Å². The van der Waals surface area contributed by atoms with Gasteiger partial charge in [0.2, 0.25) is 0 Å². The molecule has 17 heavy (non-hydrogen) atoms. The van der Waals surface area contributed by atoms with E-state index in [9.17, 15) is 18.0 Å². The number of hydrogen-bond acceptors (Lipinski definition) is 2. The van der Waals surface area contributed by atoms with Crippen molar-refractivity contribution in [2.75, 3.05) is 6.61 Å².